The average Bonchev–Trinajstić information content (AvgIpc) is 3.60. The first kappa shape index (κ1) is 30.7. The van der Waals surface area contributed by atoms with Crippen LogP contribution in [0.3, 0.4) is 0 Å². The SMILES string of the molecule is Cc1ccc(C(C)C)c(N2CCCSC2=NC(=O)NC2(c3ccc(-c4ncn(-c5ccc(OC(F)(F)F)cc5)n4)cc3)CC2)c1. The van der Waals surface area contributed by atoms with Crippen molar-refractivity contribution in [2.75, 3.05) is 17.2 Å². The summed E-state index contributed by atoms with van der Waals surface area (Å²) in [6.07, 6.45) is -0.605. The Hall–Kier alpha value is -4.32. The van der Waals surface area contributed by atoms with Gasteiger partial charge in [-0.1, -0.05) is 62.0 Å². The number of benzene rings is 3. The standard InChI is InChI=1S/C33H33F3N6O2S/c1-21(2)27-14-5-22(3)19-28(27)41-17-4-18-45-31(41)38-30(43)39-32(15-16-32)24-8-6-23(7-9-24)29-37-20-42(40-29)25-10-12-26(13-11-25)44-33(34,35)36/h5-14,19-21H,4,15-18H2,1-3H3,(H,39,43). The summed E-state index contributed by atoms with van der Waals surface area (Å²) in [6, 6.07) is 19.2. The number of nitrogens with zero attached hydrogens (tertiary/aromatic N) is 5. The van der Waals surface area contributed by atoms with E-state index < -0.39 is 11.9 Å². The lowest BCUT2D eigenvalue weighted by molar-refractivity contribution is -0.274. The third kappa shape index (κ3) is 7.00. The number of amides is 2. The molecule has 45 heavy (non-hydrogen) atoms. The van der Waals surface area contributed by atoms with Crippen LogP contribution in [0, 0.1) is 6.92 Å². The molecule has 3 aromatic carbocycles. The number of urea groups is 1. The largest absolute Gasteiger partial charge is 0.573 e. The van der Waals surface area contributed by atoms with E-state index in [1.54, 1.807) is 11.8 Å². The number of nitrogens with one attached hydrogen (secondary N) is 1. The third-order valence-electron chi connectivity index (χ3n) is 7.90. The van der Waals surface area contributed by atoms with Crippen LogP contribution in [0.1, 0.15) is 55.7 Å². The maximum absolute atomic E-state index is 13.3. The van der Waals surface area contributed by atoms with Crippen LogP contribution in [0.2, 0.25) is 0 Å². The molecule has 2 heterocycles. The average molecular weight is 635 g/mol. The number of amidine groups is 1. The molecule has 1 N–H and O–H groups in total. The molecule has 2 aliphatic rings. The topological polar surface area (TPSA) is 84.6 Å². The summed E-state index contributed by atoms with van der Waals surface area (Å²) in [5.74, 6) is 1.41. The second-order valence-electron chi connectivity index (χ2n) is 11.6. The van der Waals surface area contributed by atoms with Crippen LogP contribution < -0.4 is 15.0 Å². The molecular weight excluding hydrogens is 601 g/mol. The van der Waals surface area contributed by atoms with E-state index in [-0.39, 0.29) is 11.8 Å². The lowest BCUT2D eigenvalue weighted by Crippen LogP contribution is -2.38. The molecule has 1 aromatic heterocycles. The van der Waals surface area contributed by atoms with Gasteiger partial charge in [0.25, 0.3) is 0 Å². The predicted molar refractivity (Wildman–Crippen MR) is 170 cm³/mol. The van der Waals surface area contributed by atoms with Crippen molar-refractivity contribution in [2.45, 2.75) is 57.9 Å². The van der Waals surface area contributed by atoms with Gasteiger partial charge in [0, 0.05) is 23.5 Å². The minimum absolute atomic E-state index is 0.309. The number of halogens is 3. The zero-order valence-corrected chi connectivity index (χ0v) is 26.0. The number of aromatic nitrogens is 3. The number of carbonyl (C=O) groups excluding carboxylic acids is 1. The Labute approximate surface area is 263 Å². The number of aryl methyl sites for hydroxylation is 1. The summed E-state index contributed by atoms with van der Waals surface area (Å²) in [6.45, 7) is 7.25. The van der Waals surface area contributed by atoms with E-state index >= 15 is 0 Å². The number of carbonyl (C=O) groups is 1. The van der Waals surface area contributed by atoms with E-state index in [2.05, 4.69) is 69.0 Å². The second kappa shape index (κ2) is 12.2. The Bertz CT molecular complexity index is 1710. The molecule has 6 rings (SSSR count). The zero-order chi connectivity index (χ0) is 31.8. The first-order valence-corrected chi connectivity index (χ1v) is 15.8. The molecule has 1 saturated heterocycles. The van der Waals surface area contributed by atoms with Crippen molar-refractivity contribution in [2.24, 2.45) is 4.99 Å². The van der Waals surface area contributed by atoms with Gasteiger partial charge in [-0.25, -0.2) is 14.5 Å². The minimum Gasteiger partial charge on any atom is -0.406 e. The van der Waals surface area contributed by atoms with Gasteiger partial charge in [-0.05, 0) is 79.1 Å². The van der Waals surface area contributed by atoms with E-state index in [1.807, 2.05) is 24.3 Å². The molecule has 0 spiro atoms. The highest BCUT2D eigenvalue weighted by molar-refractivity contribution is 8.14. The molecule has 1 saturated carbocycles. The van der Waals surface area contributed by atoms with Crippen LogP contribution in [-0.4, -0.2) is 44.6 Å². The molecular formula is C33H33F3N6O2S. The van der Waals surface area contributed by atoms with Crippen molar-refractivity contribution in [1.29, 1.82) is 0 Å². The van der Waals surface area contributed by atoms with Gasteiger partial charge in [0.05, 0.1) is 11.2 Å². The molecule has 2 amide bonds. The summed E-state index contributed by atoms with van der Waals surface area (Å²) < 4.78 is 42.8. The Morgan fingerprint density at radius 1 is 1.07 bits per heavy atom. The maximum Gasteiger partial charge on any atom is 0.573 e. The van der Waals surface area contributed by atoms with Crippen LogP contribution >= 0.6 is 11.8 Å². The van der Waals surface area contributed by atoms with Gasteiger partial charge in [-0.15, -0.1) is 18.3 Å². The Kier molecular flexibility index (Phi) is 8.34. The quantitative estimate of drug-likeness (QED) is 0.222. The smallest absolute Gasteiger partial charge is 0.406 e. The van der Waals surface area contributed by atoms with Gasteiger partial charge in [0.15, 0.2) is 11.0 Å². The zero-order valence-electron chi connectivity index (χ0n) is 25.1. The van der Waals surface area contributed by atoms with E-state index in [4.69, 9.17) is 0 Å². The van der Waals surface area contributed by atoms with Crippen LogP contribution in [-0.2, 0) is 5.54 Å². The second-order valence-corrected chi connectivity index (χ2v) is 12.7. The van der Waals surface area contributed by atoms with Crippen molar-refractivity contribution in [3.05, 3.63) is 89.7 Å². The van der Waals surface area contributed by atoms with E-state index in [1.165, 1.54) is 46.4 Å². The monoisotopic (exact) mass is 634 g/mol. The van der Waals surface area contributed by atoms with Crippen molar-refractivity contribution >= 4 is 28.6 Å². The van der Waals surface area contributed by atoms with Crippen molar-refractivity contribution < 1.29 is 22.7 Å². The molecule has 234 valence electrons. The fourth-order valence-corrected chi connectivity index (χ4v) is 6.39. The third-order valence-corrected chi connectivity index (χ3v) is 8.97. The van der Waals surface area contributed by atoms with E-state index in [9.17, 15) is 18.0 Å². The molecule has 1 aliphatic heterocycles. The van der Waals surface area contributed by atoms with E-state index in [0.717, 1.165) is 53.5 Å². The summed E-state index contributed by atoms with van der Waals surface area (Å²) in [5.41, 5.74) is 5.34. The number of aliphatic imine (C=N–C) groups is 1. The fraction of sp³-hybridized carbons (Fsp3) is 0.333. The molecule has 1 aliphatic carbocycles. The van der Waals surface area contributed by atoms with Crippen molar-refractivity contribution in [3.63, 3.8) is 0 Å². The first-order valence-electron chi connectivity index (χ1n) is 14.8. The molecule has 12 heteroatoms. The minimum atomic E-state index is -4.75. The lowest BCUT2D eigenvalue weighted by Gasteiger charge is -2.32. The predicted octanol–water partition coefficient (Wildman–Crippen LogP) is 7.96. The van der Waals surface area contributed by atoms with Gasteiger partial charge in [-0.2, -0.15) is 4.99 Å². The van der Waals surface area contributed by atoms with Gasteiger partial charge in [-0.3, -0.25) is 0 Å². The number of alkyl halides is 3. The Balaban J connectivity index is 1.15. The van der Waals surface area contributed by atoms with Crippen LogP contribution in [0.25, 0.3) is 17.1 Å². The normalized spacial score (nSPS) is 17.0. The summed E-state index contributed by atoms with van der Waals surface area (Å²) >= 11 is 1.61. The molecule has 8 nitrogen and oxygen atoms in total. The first-order chi connectivity index (χ1) is 21.5. The van der Waals surface area contributed by atoms with Crippen LogP contribution in [0.15, 0.2) is 78.0 Å². The highest BCUT2D eigenvalue weighted by atomic mass is 32.2. The number of thioether (sulfide) groups is 1. The maximum atomic E-state index is 13.3. The fourth-order valence-electron chi connectivity index (χ4n) is 5.44. The number of hydrogen-bond acceptors (Lipinski definition) is 5. The van der Waals surface area contributed by atoms with Gasteiger partial charge >= 0.3 is 12.4 Å². The molecule has 0 bridgehead atoms. The van der Waals surface area contributed by atoms with Crippen LogP contribution in [0.4, 0.5) is 23.7 Å². The number of ether oxygens (including phenoxy) is 1. The number of rotatable bonds is 7. The Morgan fingerprint density at radius 2 is 1.80 bits per heavy atom. The lowest BCUT2D eigenvalue weighted by atomic mass is 9.98. The van der Waals surface area contributed by atoms with Crippen molar-refractivity contribution in [3.8, 4) is 22.8 Å². The number of anilines is 1. The van der Waals surface area contributed by atoms with Gasteiger partial charge in [0.1, 0.15) is 12.1 Å². The molecule has 2 fully saturated rings. The van der Waals surface area contributed by atoms with Gasteiger partial charge in [0.2, 0.25) is 0 Å². The highest BCUT2D eigenvalue weighted by Gasteiger charge is 2.46. The van der Waals surface area contributed by atoms with Gasteiger partial charge < -0.3 is 15.0 Å². The molecule has 0 atom stereocenters. The van der Waals surface area contributed by atoms with Crippen LogP contribution in [0.5, 0.6) is 5.75 Å². The highest BCUT2D eigenvalue weighted by Crippen LogP contribution is 2.46. The summed E-state index contributed by atoms with van der Waals surface area (Å²) in [5, 5.41) is 8.37. The molecule has 0 radical (unpaired) electrons. The summed E-state index contributed by atoms with van der Waals surface area (Å²) in [4.78, 5) is 24.4. The molecule has 0 unspecified atom stereocenters. The van der Waals surface area contributed by atoms with Crippen molar-refractivity contribution in [1.82, 2.24) is 20.1 Å². The molecule has 4 aromatic rings. The number of hydrogen-bond donors (Lipinski definition) is 1. The Morgan fingerprint density at radius 3 is 2.47 bits per heavy atom. The van der Waals surface area contributed by atoms with E-state index in [0.29, 0.717) is 17.4 Å². The summed E-state index contributed by atoms with van der Waals surface area (Å²) in [7, 11) is 0.